The van der Waals surface area contributed by atoms with Crippen LogP contribution in [0, 0.1) is 5.92 Å². The van der Waals surface area contributed by atoms with Crippen molar-refractivity contribution in [3.8, 4) is 0 Å². The van der Waals surface area contributed by atoms with Crippen molar-refractivity contribution in [2.45, 2.75) is 44.6 Å². The monoisotopic (exact) mass is 215 g/mol. The minimum atomic E-state index is 0.630. The molecule has 0 heterocycles. The summed E-state index contributed by atoms with van der Waals surface area (Å²) in [7, 11) is 0. The average molecular weight is 215 g/mol. The molecule has 0 bridgehead atoms. The molecule has 0 radical (unpaired) electrons. The Kier molecular flexibility index (Phi) is 2.96. The van der Waals surface area contributed by atoms with Crippen molar-refractivity contribution in [1.29, 1.82) is 0 Å². The van der Waals surface area contributed by atoms with Crippen molar-refractivity contribution < 1.29 is 0 Å². The van der Waals surface area contributed by atoms with Crippen LogP contribution in [0.3, 0.4) is 0 Å². The molecule has 2 aliphatic rings. The van der Waals surface area contributed by atoms with E-state index in [1.54, 1.807) is 11.1 Å². The van der Waals surface area contributed by atoms with Crippen LogP contribution in [0.2, 0.25) is 0 Å². The summed E-state index contributed by atoms with van der Waals surface area (Å²) >= 11 is 0. The van der Waals surface area contributed by atoms with Gasteiger partial charge in [-0.2, -0.15) is 0 Å². The van der Waals surface area contributed by atoms with Gasteiger partial charge in [0.15, 0.2) is 0 Å². The van der Waals surface area contributed by atoms with E-state index < -0.39 is 0 Å². The standard InChI is InChI=1S/C15H21N/c1-2-9-14-13(7-1)8-4-10-15(14)16-11-12-5-3-6-12/h1-2,7,9,12,15-16H,3-6,8,10-11H2. The second-order valence-corrected chi connectivity index (χ2v) is 5.35. The van der Waals surface area contributed by atoms with Crippen LogP contribution >= 0.6 is 0 Å². The van der Waals surface area contributed by atoms with Crippen molar-refractivity contribution >= 4 is 0 Å². The molecule has 16 heavy (non-hydrogen) atoms. The SMILES string of the molecule is c1ccc2c(c1)CCCC2NCC1CCC1. The lowest BCUT2D eigenvalue weighted by atomic mass is 9.84. The zero-order valence-electron chi connectivity index (χ0n) is 9.91. The molecule has 1 atom stereocenters. The zero-order chi connectivity index (χ0) is 10.8. The number of hydrogen-bond donors (Lipinski definition) is 1. The fraction of sp³-hybridized carbons (Fsp3) is 0.600. The third-order valence-electron chi connectivity index (χ3n) is 4.25. The molecule has 0 amide bonds. The molecule has 1 fully saturated rings. The topological polar surface area (TPSA) is 12.0 Å². The summed E-state index contributed by atoms with van der Waals surface area (Å²) < 4.78 is 0. The largest absolute Gasteiger partial charge is 0.310 e. The van der Waals surface area contributed by atoms with Crippen LogP contribution in [0.4, 0.5) is 0 Å². The summed E-state index contributed by atoms with van der Waals surface area (Å²) in [6.45, 7) is 1.24. The van der Waals surface area contributed by atoms with Crippen LogP contribution in [0.5, 0.6) is 0 Å². The van der Waals surface area contributed by atoms with Crippen molar-refractivity contribution in [1.82, 2.24) is 5.32 Å². The van der Waals surface area contributed by atoms with Gasteiger partial charge in [-0.25, -0.2) is 0 Å². The molecule has 3 rings (SSSR count). The van der Waals surface area contributed by atoms with Crippen LogP contribution in [0.15, 0.2) is 24.3 Å². The first-order valence-corrected chi connectivity index (χ1v) is 6.74. The van der Waals surface area contributed by atoms with Crippen molar-refractivity contribution in [3.05, 3.63) is 35.4 Å². The number of rotatable bonds is 3. The van der Waals surface area contributed by atoms with E-state index in [4.69, 9.17) is 0 Å². The van der Waals surface area contributed by atoms with E-state index in [1.165, 1.54) is 45.1 Å². The Balaban J connectivity index is 1.66. The van der Waals surface area contributed by atoms with E-state index in [2.05, 4.69) is 29.6 Å². The lowest BCUT2D eigenvalue weighted by molar-refractivity contribution is 0.283. The lowest BCUT2D eigenvalue weighted by Gasteiger charge is -2.31. The smallest absolute Gasteiger partial charge is 0.0323 e. The highest BCUT2D eigenvalue weighted by atomic mass is 14.9. The average Bonchev–Trinajstić information content (AvgIpc) is 2.27. The molecule has 1 nitrogen and oxygen atoms in total. The van der Waals surface area contributed by atoms with Crippen LogP contribution in [0.1, 0.15) is 49.3 Å². The predicted molar refractivity (Wildman–Crippen MR) is 67.5 cm³/mol. The minimum absolute atomic E-state index is 0.630. The maximum atomic E-state index is 3.78. The van der Waals surface area contributed by atoms with E-state index in [-0.39, 0.29) is 0 Å². The number of nitrogens with one attached hydrogen (secondary N) is 1. The van der Waals surface area contributed by atoms with Gasteiger partial charge >= 0.3 is 0 Å². The van der Waals surface area contributed by atoms with Gasteiger partial charge < -0.3 is 5.32 Å². The predicted octanol–water partition coefficient (Wildman–Crippen LogP) is 3.45. The van der Waals surface area contributed by atoms with Crippen LogP contribution < -0.4 is 5.32 Å². The number of hydrogen-bond acceptors (Lipinski definition) is 1. The normalized spacial score (nSPS) is 24.9. The molecule has 2 aliphatic carbocycles. The Bertz CT molecular complexity index is 354. The Labute approximate surface area is 98.3 Å². The maximum Gasteiger partial charge on any atom is 0.0323 e. The first kappa shape index (κ1) is 10.3. The lowest BCUT2D eigenvalue weighted by Crippen LogP contribution is -2.32. The van der Waals surface area contributed by atoms with E-state index in [9.17, 15) is 0 Å². The molecule has 0 saturated heterocycles. The molecule has 1 heteroatoms. The molecule has 1 unspecified atom stereocenters. The highest BCUT2D eigenvalue weighted by molar-refractivity contribution is 5.32. The quantitative estimate of drug-likeness (QED) is 0.814. The van der Waals surface area contributed by atoms with Gasteiger partial charge in [0.1, 0.15) is 0 Å². The van der Waals surface area contributed by atoms with E-state index in [1.807, 2.05) is 0 Å². The first-order valence-electron chi connectivity index (χ1n) is 6.74. The van der Waals surface area contributed by atoms with Crippen LogP contribution in [-0.2, 0) is 6.42 Å². The first-order chi connectivity index (χ1) is 7.93. The van der Waals surface area contributed by atoms with Gasteiger partial charge in [-0.05, 0) is 55.7 Å². The van der Waals surface area contributed by atoms with Crippen LogP contribution in [-0.4, -0.2) is 6.54 Å². The molecule has 86 valence electrons. The molecule has 1 aromatic rings. The second kappa shape index (κ2) is 4.58. The van der Waals surface area contributed by atoms with E-state index in [0.29, 0.717) is 6.04 Å². The summed E-state index contributed by atoms with van der Waals surface area (Å²) in [5.41, 5.74) is 3.13. The van der Waals surface area contributed by atoms with Gasteiger partial charge in [0.25, 0.3) is 0 Å². The van der Waals surface area contributed by atoms with Crippen molar-refractivity contribution in [2.75, 3.05) is 6.54 Å². The Morgan fingerprint density at radius 3 is 2.75 bits per heavy atom. The fourth-order valence-electron chi connectivity index (χ4n) is 2.97. The van der Waals surface area contributed by atoms with Crippen LogP contribution in [0.25, 0.3) is 0 Å². The second-order valence-electron chi connectivity index (χ2n) is 5.35. The Hall–Kier alpha value is -0.820. The highest BCUT2D eigenvalue weighted by Crippen LogP contribution is 2.31. The summed E-state index contributed by atoms with van der Waals surface area (Å²) in [5, 5.41) is 3.78. The summed E-state index contributed by atoms with van der Waals surface area (Å²) in [6, 6.07) is 9.60. The molecule has 0 aliphatic heterocycles. The summed E-state index contributed by atoms with van der Waals surface area (Å²) in [4.78, 5) is 0. The number of fused-ring (bicyclic) bond motifs is 1. The Morgan fingerprint density at radius 2 is 1.94 bits per heavy atom. The Morgan fingerprint density at radius 1 is 1.06 bits per heavy atom. The zero-order valence-corrected chi connectivity index (χ0v) is 9.91. The van der Waals surface area contributed by atoms with E-state index in [0.717, 1.165) is 5.92 Å². The number of benzene rings is 1. The van der Waals surface area contributed by atoms with Crippen molar-refractivity contribution in [3.63, 3.8) is 0 Å². The van der Waals surface area contributed by atoms with E-state index >= 15 is 0 Å². The summed E-state index contributed by atoms with van der Waals surface area (Å²) in [6.07, 6.45) is 8.29. The third kappa shape index (κ3) is 2.01. The number of aryl methyl sites for hydroxylation is 1. The van der Waals surface area contributed by atoms with Crippen molar-refractivity contribution in [2.24, 2.45) is 5.92 Å². The molecule has 1 saturated carbocycles. The molecular weight excluding hydrogens is 194 g/mol. The maximum absolute atomic E-state index is 3.78. The molecule has 0 spiro atoms. The fourth-order valence-corrected chi connectivity index (χ4v) is 2.97. The van der Waals surface area contributed by atoms with Gasteiger partial charge in [0.05, 0.1) is 0 Å². The van der Waals surface area contributed by atoms with Gasteiger partial charge in [0.2, 0.25) is 0 Å². The summed E-state index contributed by atoms with van der Waals surface area (Å²) in [5.74, 6) is 0.967. The van der Waals surface area contributed by atoms with Gasteiger partial charge in [0, 0.05) is 6.04 Å². The van der Waals surface area contributed by atoms with Gasteiger partial charge in [-0.1, -0.05) is 30.7 Å². The molecule has 1 aromatic carbocycles. The minimum Gasteiger partial charge on any atom is -0.310 e. The molecule has 0 aromatic heterocycles. The third-order valence-corrected chi connectivity index (χ3v) is 4.25. The van der Waals surface area contributed by atoms with Gasteiger partial charge in [-0.15, -0.1) is 0 Å². The molecule has 1 N–H and O–H groups in total. The molecular formula is C15H21N. The highest BCUT2D eigenvalue weighted by Gasteiger charge is 2.22. The van der Waals surface area contributed by atoms with Gasteiger partial charge in [-0.3, -0.25) is 0 Å².